The number of hydrogen-bond donors (Lipinski definition) is 3. The fourth-order valence-electron chi connectivity index (χ4n) is 2.30. The van der Waals surface area contributed by atoms with Gasteiger partial charge >= 0.3 is 4.87 Å². The number of benzene rings is 1. The zero-order valence-corrected chi connectivity index (χ0v) is 13.6. The third-order valence-corrected chi connectivity index (χ3v) is 4.44. The number of carbonyl (C=O) groups excluding carboxylic acids is 1. The molecule has 0 fully saturated rings. The molecule has 0 bridgehead atoms. The number of aromatic nitrogens is 1. The van der Waals surface area contributed by atoms with E-state index in [1.54, 1.807) is 6.07 Å². The molecule has 2 heterocycles. The van der Waals surface area contributed by atoms with Crippen LogP contribution in [-0.2, 0) is 12.8 Å². The van der Waals surface area contributed by atoms with E-state index >= 15 is 0 Å². The Kier molecular flexibility index (Phi) is 4.81. The van der Waals surface area contributed by atoms with E-state index in [0.29, 0.717) is 29.8 Å². The van der Waals surface area contributed by atoms with Gasteiger partial charge in [0.25, 0.3) is 5.91 Å². The molecule has 3 aromatic rings. The zero-order valence-electron chi connectivity index (χ0n) is 12.7. The van der Waals surface area contributed by atoms with E-state index in [9.17, 15) is 14.7 Å². The first kappa shape index (κ1) is 16.1. The van der Waals surface area contributed by atoms with Crippen LogP contribution in [0, 0.1) is 0 Å². The highest BCUT2D eigenvalue weighted by Gasteiger charge is 2.08. The Morgan fingerprint density at radius 3 is 2.58 bits per heavy atom. The SMILES string of the molecule is O=C(NCCc1ccc(Cc2sc(=O)[nH]c2O)cc1)c1ccoc1. The normalized spacial score (nSPS) is 10.7. The van der Waals surface area contributed by atoms with Crippen LogP contribution in [0.4, 0.5) is 0 Å². The van der Waals surface area contributed by atoms with Crippen molar-refractivity contribution in [2.24, 2.45) is 0 Å². The highest BCUT2D eigenvalue weighted by Crippen LogP contribution is 2.20. The van der Waals surface area contributed by atoms with Crippen LogP contribution in [-0.4, -0.2) is 22.5 Å². The summed E-state index contributed by atoms with van der Waals surface area (Å²) in [5, 5.41) is 12.4. The number of thiazole rings is 1. The highest BCUT2D eigenvalue weighted by molar-refractivity contribution is 7.09. The summed E-state index contributed by atoms with van der Waals surface area (Å²) in [7, 11) is 0. The predicted octanol–water partition coefficient (Wildman–Crippen LogP) is 2.30. The third-order valence-electron chi connectivity index (χ3n) is 3.57. The Hall–Kier alpha value is -2.80. The fraction of sp³-hybridized carbons (Fsp3) is 0.176. The first-order chi connectivity index (χ1) is 11.6. The van der Waals surface area contributed by atoms with Crippen LogP contribution < -0.4 is 10.2 Å². The number of H-pyrrole nitrogens is 1. The molecule has 0 unspecified atom stereocenters. The quantitative estimate of drug-likeness (QED) is 0.639. The van der Waals surface area contributed by atoms with Crippen LogP contribution in [0.15, 0.2) is 52.1 Å². The van der Waals surface area contributed by atoms with Crippen molar-refractivity contribution in [2.45, 2.75) is 12.8 Å². The molecule has 1 amide bonds. The molecule has 0 aliphatic rings. The van der Waals surface area contributed by atoms with Gasteiger partial charge in [-0.1, -0.05) is 35.6 Å². The summed E-state index contributed by atoms with van der Waals surface area (Å²) in [5.74, 6) is -0.214. The molecule has 7 heteroatoms. The number of rotatable bonds is 6. The second-order valence-corrected chi connectivity index (χ2v) is 6.37. The number of aromatic hydroxyl groups is 1. The molecule has 2 aromatic heterocycles. The van der Waals surface area contributed by atoms with Gasteiger partial charge in [0, 0.05) is 13.0 Å². The molecule has 3 N–H and O–H groups in total. The third kappa shape index (κ3) is 3.94. The van der Waals surface area contributed by atoms with Gasteiger partial charge in [0.1, 0.15) is 6.26 Å². The minimum absolute atomic E-state index is 0.0592. The molecule has 1 aromatic carbocycles. The van der Waals surface area contributed by atoms with Crippen LogP contribution in [0.3, 0.4) is 0 Å². The van der Waals surface area contributed by atoms with Crippen molar-refractivity contribution < 1.29 is 14.3 Å². The van der Waals surface area contributed by atoms with Crippen LogP contribution in [0.5, 0.6) is 5.88 Å². The van der Waals surface area contributed by atoms with Crippen molar-refractivity contribution in [1.82, 2.24) is 10.3 Å². The minimum atomic E-state index is -0.257. The number of aromatic amines is 1. The van der Waals surface area contributed by atoms with Gasteiger partial charge in [-0.3, -0.25) is 14.6 Å². The summed E-state index contributed by atoms with van der Waals surface area (Å²) in [4.78, 5) is 25.7. The van der Waals surface area contributed by atoms with Gasteiger partial charge < -0.3 is 14.8 Å². The van der Waals surface area contributed by atoms with Gasteiger partial charge in [0.15, 0.2) is 0 Å². The van der Waals surface area contributed by atoms with Gasteiger partial charge in [0.05, 0.1) is 16.7 Å². The fourth-order valence-corrected chi connectivity index (χ4v) is 3.06. The smallest absolute Gasteiger partial charge is 0.307 e. The Bertz CT molecular complexity index is 863. The summed E-state index contributed by atoms with van der Waals surface area (Å²) in [6.07, 6.45) is 4.10. The monoisotopic (exact) mass is 344 g/mol. The number of furan rings is 1. The van der Waals surface area contributed by atoms with Crippen LogP contribution in [0.1, 0.15) is 26.4 Å². The van der Waals surface area contributed by atoms with Gasteiger partial charge in [-0.05, 0) is 23.6 Å². The summed E-state index contributed by atoms with van der Waals surface area (Å²) >= 11 is 1.01. The summed E-state index contributed by atoms with van der Waals surface area (Å²) < 4.78 is 4.87. The second kappa shape index (κ2) is 7.18. The Balaban J connectivity index is 1.52. The molecule has 0 spiro atoms. The van der Waals surface area contributed by atoms with Crippen molar-refractivity contribution in [3.05, 3.63) is 74.1 Å². The lowest BCUT2D eigenvalue weighted by Gasteiger charge is -2.05. The largest absolute Gasteiger partial charge is 0.494 e. The maximum Gasteiger partial charge on any atom is 0.307 e. The maximum atomic E-state index is 11.8. The van der Waals surface area contributed by atoms with Gasteiger partial charge in [-0.15, -0.1) is 0 Å². The van der Waals surface area contributed by atoms with E-state index in [1.807, 2.05) is 24.3 Å². The van der Waals surface area contributed by atoms with Gasteiger partial charge in [-0.25, -0.2) is 0 Å². The average Bonchev–Trinajstić information content (AvgIpc) is 3.19. The number of carbonyl (C=O) groups is 1. The van der Waals surface area contributed by atoms with Crippen molar-refractivity contribution in [2.75, 3.05) is 6.54 Å². The van der Waals surface area contributed by atoms with Crippen LogP contribution >= 0.6 is 11.3 Å². The van der Waals surface area contributed by atoms with Crippen molar-refractivity contribution in [3.8, 4) is 5.88 Å². The van der Waals surface area contributed by atoms with Gasteiger partial charge in [-0.2, -0.15) is 0 Å². The molecule has 24 heavy (non-hydrogen) atoms. The standard InChI is InChI=1S/C17H16N2O4S/c20-15(13-6-8-23-10-13)18-7-5-11-1-3-12(4-2-11)9-14-16(21)19-17(22)24-14/h1-4,6,8,10,21H,5,7,9H2,(H,18,20)(H,19,22). The van der Waals surface area contributed by atoms with Crippen LogP contribution in [0.2, 0.25) is 0 Å². The molecule has 6 nitrogen and oxygen atoms in total. The molecular weight excluding hydrogens is 328 g/mol. The van der Waals surface area contributed by atoms with E-state index in [-0.39, 0.29) is 16.7 Å². The molecule has 124 valence electrons. The zero-order chi connectivity index (χ0) is 16.9. The molecule has 3 rings (SSSR count). The number of nitrogens with one attached hydrogen (secondary N) is 2. The van der Waals surface area contributed by atoms with Gasteiger partial charge in [0.2, 0.25) is 5.88 Å². The number of hydrogen-bond acceptors (Lipinski definition) is 5. The molecular formula is C17H16N2O4S. The summed E-state index contributed by atoms with van der Waals surface area (Å²) in [6, 6.07) is 9.49. The van der Waals surface area contributed by atoms with E-state index < -0.39 is 0 Å². The molecule has 0 atom stereocenters. The summed E-state index contributed by atoms with van der Waals surface area (Å²) in [5.41, 5.74) is 2.61. The van der Waals surface area contributed by atoms with E-state index in [2.05, 4.69) is 10.3 Å². The molecule has 0 radical (unpaired) electrons. The maximum absolute atomic E-state index is 11.8. The molecule has 0 aliphatic carbocycles. The van der Waals surface area contributed by atoms with Crippen molar-refractivity contribution in [3.63, 3.8) is 0 Å². The van der Waals surface area contributed by atoms with Crippen molar-refractivity contribution in [1.29, 1.82) is 0 Å². The topological polar surface area (TPSA) is 95.3 Å². The Labute approximate surface area is 141 Å². The Morgan fingerprint density at radius 2 is 1.96 bits per heavy atom. The lowest BCUT2D eigenvalue weighted by molar-refractivity contribution is 0.0953. The number of amides is 1. The first-order valence-electron chi connectivity index (χ1n) is 7.41. The molecule has 0 saturated heterocycles. The lowest BCUT2D eigenvalue weighted by Crippen LogP contribution is -2.25. The highest BCUT2D eigenvalue weighted by atomic mass is 32.1. The molecule has 0 aliphatic heterocycles. The van der Waals surface area contributed by atoms with E-state index in [4.69, 9.17) is 4.42 Å². The first-order valence-corrected chi connectivity index (χ1v) is 8.22. The van der Waals surface area contributed by atoms with E-state index in [0.717, 1.165) is 22.5 Å². The molecule has 0 saturated carbocycles. The predicted molar refractivity (Wildman–Crippen MR) is 90.6 cm³/mol. The van der Waals surface area contributed by atoms with E-state index in [1.165, 1.54) is 12.5 Å². The summed E-state index contributed by atoms with van der Waals surface area (Å²) in [6.45, 7) is 0.531. The van der Waals surface area contributed by atoms with Crippen LogP contribution in [0.25, 0.3) is 0 Å². The van der Waals surface area contributed by atoms with Crippen molar-refractivity contribution >= 4 is 17.2 Å². The average molecular weight is 344 g/mol. The second-order valence-electron chi connectivity index (χ2n) is 5.30. The minimum Gasteiger partial charge on any atom is -0.494 e. The lowest BCUT2D eigenvalue weighted by atomic mass is 10.1. The Morgan fingerprint density at radius 1 is 1.21 bits per heavy atom.